The van der Waals surface area contributed by atoms with Crippen molar-refractivity contribution in [3.63, 3.8) is 0 Å². The van der Waals surface area contributed by atoms with Gasteiger partial charge in [-0.2, -0.15) is 0 Å². The molecule has 0 radical (unpaired) electrons. The number of benzene rings is 1. The molecule has 0 saturated heterocycles. The van der Waals surface area contributed by atoms with Crippen LogP contribution in [-0.4, -0.2) is 26.1 Å². The van der Waals surface area contributed by atoms with Crippen molar-refractivity contribution in [1.29, 1.82) is 0 Å². The van der Waals surface area contributed by atoms with Crippen LogP contribution >= 0.6 is 0 Å². The SMILES string of the molecule is C#CC(=O)c1ccc(OCCCCCCOC)cc1. The lowest BCUT2D eigenvalue weighted by Gasteiger charge is -2.06. The maximum Gasteiger partial charge on any atom is 0.235 e. The molecular formula is C16H20O3. The molecule has 0 aliphatic rings. The number of rotatable bonds is 9. The van der Waals surface area contributed by atoms with Crippen LogP contribution in [0.3, 0.4) is 0 Å². The van der Waals surface area contributed by atoms with Gasteiger partial charge in [-0.3, -0.25) is 4.79 Å². The van der Waals surface area contributed by atoms with Gasteiger partial charge in [-0.25, -0.2) is 0 Å². The molecule has 0 spiro atoms. The summed E-state index contributed by atoms with van der Waals surface area (Å²) < 4.78 is 10.6. The molecule has 19 heavy (non-hydrogen) atoms. The van der Waals surface area contributed by atoms with E-state index in [-0.39, 0.29) is 5.78 Å². The van der Waals surface area contributed by atoms with Crippen LogP contribution in [0.2, 0.25) is 0 Å². The minimum Gasteiger partial charge on any atom is -0.494 e. The number of hydrogen-bond donors (Lipinski definition) is 0. The van der Waals surface area contributed by atoms with E-state index >= 15 is 0 Å². The highest BCUT2D eigenvalue weighted by molar-refractivity contribution is 6.08. The third-order valence-electron chi connectivity index (χ3n) is 2.76. The van der Waals surface area contributed by atoms with Gasteiger partial charge in [0.25, 0.3) is 0 Å². The number of carbonyl (C=O) groups is 1. The Morgan fingerprint density at radius 2 is 1.74 bits per heavy atom. The average Bonchev–Trinajstić information content (AvgIpc) is 2.46. The molecule has 0 heterocycles. The van der Waals surface area contributed by atoms with Crippen molar-refractivity contribution in [2.45, 2.75) is 25.7 Å². The Bertz CT molecular complexity index is 415. The second kappa shape index (κ2) is 9.18. The normalized spacial score (nSPS) is 9.89. The smallest absolute Gasteiger partial charge is 0.235 e. The van der Waals surface area contributed by atoms with E-state index in [9.17, 15) is 4.79 Å². The van der Waals surface area contributed by atoms with E-state index in [4.69, 9.17) is 15.9 Å². The summed E-state index contributed by atoms with van der Waals surface area (Å²) >= 11 is 0. The van der Waals surface area contributed by atoms with Crippen molar-refractivity contribution in [3.05, 3.63) is 29.8 Å². The molecule has 1 rings (SSSR count). The number of ether oxygens (including phenoxy) is 2. The quantitative estimate of drug-likeness (QED) is 0.296. The van der Waals surface area contributed by atoms with Crippen molar-refractivity contribution >= 4 is 5.78 Å². The Hall–Kier alpha value is -1.79. The van der Waals surface area contributed by atoms with Gasteiger partial charge in [0, 0.05) is 19.3 Å². The standard InChI is InChI=1S/C16H20O3/c1-3-16(17)14-8-10-15(11-9-14)19-13-7-5-4-6-12-18-2/h1,8-11H,4-7,12-13H2,2H3. The molecule has 0 aliphatic heterocycles. The summed E-state index contributed by atoms with van der Waals surface area (Å²) in [6.07, 6.45) is 9.47. The minimum absolute atomic E-state index is 0.301. The molecule has 3 nitrogen and oxygen atoms in total. The van der Waals surface area contributed by atoms with Crippen molar-refractivity contribution in [2.75, 3.05) is 20.3 Å². The van der Waals surface area contributed by atoms with E-state index in [0.29, 0.717) is 12.2 Å². The molecule has 0 unspecified atom stereocenters. The molecule has 0 atom stereocenters. The summed E-state index contributed by atoms with van der Waals surface area (Å²) in [5.41, 5.74) is 0.523. The lowest BCUT2D eigenvalue weighted by atomic mass is 10.1. The molecule has 0 aromatic heterocycles. The highest BCUT2D eigenvalue weighted by Gasteiger charge is 2.01. The summed E-state index contributed by atoms with van der Waals surface area (Å²) in [7, 11) is 1.72. The number of terminal acetylenes is 1. The number of carbonyl (C=O) groups excluding carboxylic acids is 1. The largest absolute Gasteiger partial charge is 0.494 e. The highest BCUT2D eigenvalue weighted by atomic mass is 16.5. The molecular weight excluding hydrogens is 240 g/mol. The predicted octanol–water partition coefficient (Wildman–Crippen LogP) is 3.09. The Labute approximate surface area is 114 Å². The third-order valence-corrected chi connectivity index (χ3v) is 2.76. The number of ketones is 1. The van der Waals surface area contributed by atoms with Crippen LogP contribution in [0.5, 0.6) is 5.75 Å². The van der Waals surface area contributed by atoms with Gasteiger partial charge in [0.15, 0.2) is 0 Å². The maximum absolute atomic E-state index is 11.2. The summed E-state index contributed by atoms with van der Waals surface area (Å²) in [6.45, 7) is 1.51. The van der Waals surface area contributed by atoms with Crippen LogP contribution in [0.4, 0.5) is 0 Å². The van der Waals surface area contributed by atoms with Gasteiger partial charge in [0.05, 0.1) is 6.61 Å². The number of unbranched alkanes of at least 4 members (excludes halogenated alkanes) is 3. The van der Waals surface area contributed by atoms with E-state index in [1.165, 1.54) is 0 Å². The fraction of sp³-hybridized carbons (Fsp3) is 0.438. The van der Waals surface area contributed by atoms with Crippen LogP contribution in [0.15, 0.2) is 24.3 Å². The molecule has 3 heteroatoms. The first-order valence-electron chi connectivity index (χ1n) is 6.50. The van der Waals surface area contributed by atoms with E-state index in [2.05, 4.69) is 5.92 Å². The molecule has 0 fully saturated rings. The zero-order valence-electron chi connectivity index (χ0n) is 11.4. The van der Waals surface area contributed by atoms with Crippen LogP contribution in [0.1, 0.15) is 36.0 Å². The van der Waals surface area contributed by atoms with Gasteiger partial charge in [-0.1, -0.05) is 6.42 Å². The molecule has 0 saturated carbocycles. The molecule has 0 bridgehead atoms. The second-order valence-electron chi connectivity index (χ2n) is 4.25. The molecule has 0 amide bonds. The summed E-state index contributed by atoms with van der Waals surface area (Å²) in [5.74, 6) is 2.56. The number of Topliss-reactive ketones (excluding diaryl/α,β-unsaturated/α-hetero) is 1. The summed E-state index contributed by atoms with van der Waals surface area (Å²) in [6, 6.07) is 6.93. The monoisotopic (exact) mass is 260 g/mol. The maximum atomic E-state index is 11.2. The van der Waals surface area contributed by atoms with E-state index < -0.39 is 0 Å². The van der Waals surface area contributed by atoms with Gasteiger partial charge in [0.2, 0.25) is 5.78 Å². The Morgan fingerprint density at radius 3 is 2.32 bits per heavy atom. The first-order valence-corrected chi connectivity index (χ1v) is 6.50. The predicted molar refractivity (Wildman–Crippen MR) is 75.4 cm³/mol. The van der Waals surface area contributed by atoms with Crippen LogP contribution < -0.4 is 4.74 Å². The van der Waals surface area contributed by atoms with Gasteiger partial charge in [-0.15, -0.1) is 6.42 Å². The van der Waals surface area contributed by atoms with Gasteiger partial charge >= 0.3 is 0 Å². The third kappa shape index (κ3) is 6.08. The van der Waals surface area contributed by atoms with Crippen molar-refractivity contribution < 1.29 is 14.3 Å². The Morgan fingerprint density at radius 1 is 1.11 bits per heavy atom. The van der Waals surface area contributed by atoms with Gasteiger partial charge in [-0.05, 0) is 49.4 Å². The lowest BCUT2D eigenvalue weighted by molar-refractivity contribution is 0.105. The summed E-state index contributed by atoms with van der Waals surface area (Å²) in [5, 5.41) is 0. The van der Waals surface area contributed by atoms with Gasteiger partial charge in [0.1, 0.15) is 5.75 Å². The van der Waals surface area contributed by atoms with Crippen molar-refractivity contribution in [1.82, 2.24) is 0 Å². The van der Waals surface area contributed by atoms with Crippen molar-refractivity contribution in [3.8, 4) is 18.1 Å². The van der Waals surface area contributed by atoms with E-state index in [0.717, 1.165) is 38.0 Å². The molecule has 0 aliphatic carbocycles. The first kappa shape index (κ1) is 15.3. The number of methoxy groups -OCH3 is 1. The van der Waals surface area contributed by atoms with E-state index in [1.54, 1.807) is 31.4 Å². The van der Waals surface area contributed by atoms with Crippen LogP contribution in [0.25, 0.3) is 0 Å². The molecule has 1 aromatic carbocycles. The zero-order valence-corrected chi connectivity index (χ0v) is 11.4. The Kier molecular flexibility index (Phi) is 7.38. The highest BCUT2D eigenvalue weighted by Crippen LogP contribution is 2.13. The molecule has 1 aromatic rings. The molecule has 102 valence electrons. The number of hydrogen-bond acceptors (Lipinski definition) is 3. The zero-order chi connectivity index (χ0) is 13.9. The molecule has 0 N–H and O–H groups in total. The first-order chi connectivity index (χ1) is 9.27. The lowest BCUT2D eigenvalue weighted by Crippen LogP contribution is -1.99. The minimum atomic E-state index is -0.301. The fourth-order valence-corrected chi connectivity index (χ4v) is 1.68. The fourth-order valence-electron chi connectivity index (χ4n) is 1.68. The summed E-state index contributed by atoms with van der Waals surface area (Å²) in [4.78, 5) is 11.2. The van der Waals surface area contributed by atoms with E-state index in [1.807, 2.05) is 0 Å². The topological polar surface area (TPSA) is 35.5 Å². The van der Waals surface area contributed by atoms with Crippen LogP contribution in [0, 0.1) is 12.3 Å². The second-order valence-corrected chi connectivity index (χ2v) is 4.25. The Balaban J connectivity index is 2.20. The van der Waals surface area contributed by atoms with Gasteiger partial charge < -0.3 is 9.47 Å². The van der Waals surface area contributed by atoms with Crippen LogP contribution in [-0.2, 0) is 4.74 Å². The van der Waals surface area contributed by atoms with Crippen molar-refractivity contribution in [2.24, 2.45) is 0 Å². The average molecular weight is 260 g/mol.